The highest BCUT2D eigenvalue weighted by Crippen LogP contribution is 2.44. The van der Waals surface area contributed by atoms with Gasteiger partial charge in [-0.3, -0.25) is 19.4 Å². The van der Waals surface area contributed by atoms with Crippen LogP contribution in [0.1, 0.15) is 103 Å². The third-order valence-corrected chi connectivity index (χ3v) is 8.61. The number of hydrogen-bond acceptors (Lipinski definition) is 4. The van der Waals surface area contributed by atoms with Gasteiger partial charge in [-0.05, 0) is 50.0 Å². The number of amides is 3. The predicted molar refractivity (Wildman–Crippen MR) is 147 cm³/mol. The molecule has 7 nitrogen and oxygen atoms in total. The summed E-state index contributed by atoms with van der Waals surface area (Å²) in [5, 5.41) is 9.38. The maximum Gasteiger partial charge on any atom is 0.273 e. The Morgan fingerprint density at radius 2 is 1.86 bits per heavy atom. The summed E-state index contributed by atoms with van der Waals surface area (Å²) in [5.74, 6) is -0.0247. The minimum atomic E-state index is -1.40. The van der Waals surface area contributed by atoms with Crippen LogP contribution in [-0.2, 0) is 14.4 Å². The Morgan fingerprint density at radius 3 is 2.59 bits per heavy atom. The van der Waals surface area contributed by atoms with Crippen molar-refractivity contribution >= 4 is 29.6 Å². The Hall–Kier alpha value is -2.70. The van der Waals surface area contributed by atoms with Crippen molar-refractivity contribution in [2.45, 2.75) is 109 Å². The molecule has 0 radical (unpaired) electrons. The molecule has 1 aliphatic heterocycles. The van der Waals surface area contributed by atoms with Crippen LogP contribution >= 0.6 is 0 Å². The molecule has 3 unspecified atom stereocenters. The molecule has 202 valence electrons. The van der Waals surface area contributed by atoms with E-state index in [-0.39, 0.29) is 23.6 Å². The van der Waals surface area contributed by atoms with Crippen molar-refractivity contribution in [3.05, 3.63) is 29.8 Å². The fourth-order valence-corrected chi connectivity index (χ4v) is 6.44. The Kier molecular flexibility index (Phi) is 8.71. The van der Waals surface area contributed by atoms with E-state index in [1.807, 2.05) is 24.3 Å². The third kappa shape index (κ3) is 5.91. The fourth-order valence-electron chi connectivity index (χ4n) is 6.44. The van der Waals surface area contributed by atoms with Crippen LogP contribution in [0, 0.1) is 17.8 Å². The number of aliphatic imine (C=N–C) groups is 1. The van der Waals surface area contributed by atoms with Crippen molar-refractivity contribution in [2.75, 3.05) is 5.32 Å². The molecule has 37 heavy (non-hydrogen) atoms. The molecule has 0 aromatic heterocycles. The first-order valence-electron chi connectivity index (χ1n) is 14.4. The van der Waals surface area contributed by atoms with Gasteiger partial charge in [-0.1, -0.05) is 77.5 Å². The first-order chi connectivity index (χ1) is 17.8. The SMILES string of the molecule is CCCCC1CCCC1C1(NC(=O)C2(NC(=O)CCC(C)C)CCCC2)N=Cc2ccccc2NC1=O. The lowest BCUT2D eigenvalue weighted by molar-refractivity contribution is -0.139. The quantitative estimate of drug-likeness (QED) is 0.398. The maximum absolute atomic E-state index is 14.1. The first kappa shape index (κ1) is 27.3. The molecule has 7 heteroatoms. The van der Waals surface area contributed by atoms with Crippen molar-refractivity contribution in [2.24, 2.45) is 22.7 Å². The van der Waals surface area contributed by atoms with Crippen LogP contribution in [0.15, 0.2) is 29.3 Å². The molecule has 1 heterocycles. The number of unbranched alkanes of at least 4 members (excludes halogenated alkanes) is 1. The van der Waals surface area contributed by atoms with Gasteiger partial charge in [0.1, 0.15) is 5.54 Å². The second kappa shape index (κ2) is 11.8. The van der Waals surface area contributed by atoms with Gasteiger partial charge in [0.2, 0.25) is 17.5 Å². The largest absolute Gasteiger partial charge is 0.342 e. The van der Waals surface area contributed by atoms with Crippen LogP contribution in [0.2, 0.25) is 0 Å². The average molecular weight is 509 g/mol. The molecule has 0 saturated heterocycles. The molecule has 0 bridgehead atoms. The summed E-state index contributed by atoms with van der Waals surface area (Å²) in [6.07, 6.45) is 11.9. The molecule has 4 rings (SSSR count). The number of benzene rings is 1. The highest BCUT2D eigenvalue weighted by atomic mass is 16.2. The Morgan fingerprint density at radius 1 is 1.11 bits per heavy atom. The van der Waals surface area contributed by atoms with E-state index in [2.05, 4.69) is 36.7 Å². The minimum Gasteiger partial charge on any atom is -0.342 e. The number of carbonyl (C=O) groups excluding carboxylic acids is 3. The van der Waals surface area contributed by atoms with Gasteiger partial charge in [-0.25, -0.2) is 0 Å². The third-order valence-electron chi connectivity index (χ3n) is 8.61. The molecule has 3 atom stereocenters. The van der Waals surface area contributed by atoms with E-state index in [0.717, 1.165) is 63.4 Å². The van der Waals surface area contributed by atoms with E-state index in [4.69, 9.17) is 4.99 Å². The lowest BCUT2D eigenvalue weighted by Crippen LogP contribution is -2.67. The standard InChI is InChI=1S/C30H44N4O3/c1-4-5-11-22-13-10-14-24(22)30(28(37)32-25-15-7-6-12-23(25)20-31-30)34-27(36)29(18-8-9-19-29)33-26(35)17-16-21(2)3/h6-7,12,15,20-22,24H,4-5,8-11,13-14,16-19H2,1-3H3,(H,32,37)(H,33,35)(H,34,36). The number of carbonyl (C=O) groups is 3. The molecule has 0 spiro atoms. The Balaban J connectivity index is 1.66. The van der Waals surface area contributed by atoms with Gasteiger partial charge in [-0.15, -0.1) is 0 Å². The van der Waals surface area contributed by atoms with Crippen LogP contribution in [0.4, 0.5) is 5.69 Å². The van der Waals surface area contributed by atoms with Crippen LogP contribution in [0.5, 0.6) is 0 Å². The van der Waals surface area contributed by atoms with E-state index < -0.39 is 11.2 Å². The van der Waals surface area contributed by atoms with Crippen molar-refractivity contribution in [3.8, 4) is 0 Å². The molecule has 2 saturated carbocycles. The minimum absolute atomic E-state index is 0.0938. The Labute approximate surface area is 221 Å². The molecule has 3 N–H and O–H groups in total. The summed E-state index contributed by atoms with van der Waals surface area (Å²) in [4.78, 5) is 46.0. The van der Waals surface area contributed by atoms with Gasteiger partial charge in [-0.2, -0.15) is 0 Å². The van der Waals surface area contributed by atoms with E-state index in [0.29, 0.717) is 36.8 Å². The van der Waals surface area contributed by atoms with Crippen LogP contribution in [0.25, 0.3) is 0 Å². The smallest absolute Gasteiger partial charge is 0.273 e. The monoisotopic (exact) mass is 508 g/mol. The number of nitrogens with zero attached hydrogens (tertiary/aromatic N) is 1. The fraction of sp³-hybridized carbons (Fsp3) is 0.667. The van der Waals surface area contributed by atoms with Gasteiger partial charge in [0.05, 0.1) is 0 Å². The van der Waals surface area contributed by atoms with E-state index >= 15 is 0 Å². The lowest BCUT2D eigenvalue weighted by Gasteiger charge is -2.40. The normalized spacial score (nSPS) is 26.4. The van der Waals surface area contributed by atoms with Crippen molar-refractivity contribution in [1.29, 1.82) is 0 Å². The van der Waals surface area contributed by atoms with Crippen LogP contribution in [0.3, 0.4) is 0 Å². The highest BCUT2D eigenvalue weighted by Gasteiger charge is 2.55. The number of anilines is 1. The maximum atomic E-state index is 14.1. The molecule has 1 aromatic carbocycles. The predicted octanol–water partition coefficient (Wildman–Crippen LogP) is 5.34. The number of benzodiazepines with no additional fused rings is 1. The number of rotatable bonds is 10. The topological polar surface area (TPSA) is 99.7 Å². The van der Waals surface area contributed by atoms with Crippen molar-refractivity contribution in [1.82, 2.24) is 10.6 Å². The van der Waals surface area contributed by atoms with Gasteiger partial charge in [0.15, 0.2) is 0 Å². The van der Waals surface area contributed by atoms with E-state index in [1.165, 1.54) is 0 Å². The van der Waals surface area contributed by atoms with Crippen molar-refractivity contribution < 1.29 is 14.4 Å². The van der Waals surface area contributed by atoms with E-state index in [9.17, 15) is 14.4 Å². The summed E-state index contributed by atoms with van der Waals surface area (Å²) in [6.45, 7) is 6.36. The molecule has 1 aromatic rings. The van der Waals surface area contributed by atoms with Gasteiger partial charge < -0.3 is 16.0 Å². The first-order valence-corrected chi connectivity index (χ1v) is 14.4. The molecular formula is C30H44N4O3. The van der Waals surface area contributed by atoms with Gasteiger partial charge in [0.25, 0.3) is 5.91 Å². The summed E-state index contributed by atoms with van der Waals surface area (Å²) in [7, 11) is 0. The van der Waals surface area contributed by atoms with Crippen LogP contribution < -0.4 is 16.0 Å². The Bertz CT molecular complexity index is 1010. The number of nitrogens with one attached hydrogen (secondary N) is 3. The zero-order valence-corrected chi connectivity index (χ0v) is 22.8. The zero-order valence-electron chi connectivity index (χ0n) is 22.8. The second-order valence-corrected chi connectivity index (χ2v) is 11.7. The van der Waals surface area contributed by atoms with Crippen LogP contribution in [-0.4, -0.2) is 35.1 Å². The lowest BCUT2D eigenvalue weighted by atomic mass is 9.79. The molecule has 2 aliphatic carbocycles. The molecule has 3 aliphatic rings. The number of fused-ring (bicyclic) bond motifs is 1. The molecular weight excluding hydrogens is 464 g/mol. The van der Waals surface area contributed by atoms with Gasteiger partial charge >= 0.3 is 0 Å². The second-order valence-electron chi connectivity index (χ2n) is 11.7. The van der Waals surface area contributed by atoms with Gasteiger partial charge in [0, 0.05) is 29.8 Å². The number of para-hydroxylation sites is 1. The van der Waals surface area contributed by atoms with Crippen molar-refractivity contribution in [3.63, 3.8) is 0 Å². The zero-order chi connectivity index (χ0) is 26.5. The molecule has 3 amide bonds. The average Bonchev–Trinajstić information content (AvgIpc) is 3.52. The summed E-state index contributed by atoms with van der Waals surface area (Å²) in [5.41, 5.74) is -0.864. The number of hydrogen-bond donors (Lipinski definition) is 3. The summed E-state index contributed by atoms with van der Waals surface area (Å²) < 4.78 is 0. The van der Waals surface area contributed by atoms with E-state index in [1.54, 1.807) is 6.21 Å². The summed E-state index contributed by atoms with van der Waals surface area (Å²) in [6, 6.07) is 7.60. The molecule has 2 fully saturated rings. The highest BCUT2D eigenvalue weighted by molar-refractivity contribution is 6.08. The summed E-state index contributed by atoms with van der Waals surface area (Å²) >= 11 is 0.